The largest absolute Gasteiger partial charge is 0.353 e. The summed E-state index contributed by atoms with van der Waals surface area (Å²) in [4.78, 5) is 15.2. The number of carbonyl (C=O) groups is 1. The average molecular weight is 323 g/mol. The van der Waals surface area contributed by atoms with Gasteiger partial charge in [0.05, 0.1) is 6.20 Å². The molecule has 0 spiro atoms. The van der Waals surface area contributed by atoms with Gasteiger partial charge in [-0.15, -0.1) is 16.4 Å². The van der Waals surface area contributed by atoms with E-state index in [1.54, 1.807) is 17.5 Å². The van der Waals surface area contributed by atoms with Crippen molar-refractivity contribution in [3.8, 4) is 0 Å². The zero-order valence-corrected chi connectivity index (χ0v) is 12.9. The Kier molecular flexibility index (Phi) is 4.79. The molecule has 0 bridgehead atoms. The van der Waals surface area contributed by atoms with E-state index < -0.39 is 6.17 Å². The molecule has 2 aromatic heterocycles. The molecule has 1 fully saturated rings. The van der Waals surface area contributed by atoms with E-state index in [9.17, 15) is 9.18 Å². The van der Waals surface area contributed by atoms with Crippen molar-refractivity contribution in [2.45, 2.75) is 31.7 Å². The van der Waals surface area contributed by atoms with Gasteiger partial charge in [0.25, 0.3) is 0 Å². The van der Waals surface area contributed by atoms with Crippen molar-refractivity contribution in [2.24, 2.45) is 0 Å². The number of hydrogen-bond donors (Lipinski definition) is 1. The third kappa shape index (κ3) is 3.89. The van der Waals surface area contributed by atoms with Crippen molar-refractivity contribution >= 4 is 17.2 Å². The highest BCUT2D eigenvalue weighted by molar-refractivity contribution is 7.09. The van der Waals surface area contributed by atoms with E-state index in [1.165, 1.54) is 15.8 Å². The number of nitrogens with zero attached hydrogens (tertiary/aromatic N) is 4. The number of carbonyl (C=O) groups excluding carboxylic acids is 1. The summed E-state index contributed by atoms with van der Waals surface area (Å²) in [5.41, 5.74) is 0. The van der Waals surface area contributed by atoms with Crippen LogP contribution in [0.1, 0.15) is 11.3 Å². The fourth-order valence-electron chi connectivity index (χ4n) is 2.68. The smallest absolute Gasteiger partial charge is 0.241 e. The number of rotatable bonds is 6. The molecule has 0 saturated carbocycles. The maximum Gasteiger partial charge on any atom is 0.241 e. The molecule has 0 aliphatic carbocycles. The monoisotopic (exact) mass is 323 g/mol. The van der Waals surface area contributed by atoms with Gasteiger partial charge in [0.1, 0.15) is 12.7 Å². The number of halogens is 1. The summed E-state index contributed by atoms with van der Waals surface area (Å²) in [5.74, 6) is -0.135. The van der Waals surface area contributed by atoms with E-state index >= 15 is 0 Å². The van der Waals surface area contributed by atoms with Gasteiger partial charge in [-0.3, -0.25) is 9.69 Å². The molecular formula is C14H18FN5OS. The van der Waals surface area contributed by atoms with E-state index in [2.05, 4.69) is 26.6 Å². The van der Waals surface area contributed by atoms with E-state index in [1.807, 2.05) is 11.4 Å². The first-order chi connectivity index (χ1) is 10.7. The van der Waals surface area contributed by atoms with E-state index in [4.69, 9.17) is 0 Å². The van der Waals surface area contributed by atoms with Crippen LogP contribution in [0.25, 0.3) is 0 Å². The first kappa shape index (κ1) is 15.1. The number of alkyl halides is 1. The van der Waals surface area contributed by atoms with Crippen LogP contribution in [0.4, 0.5) is 4.39 Å². The average Bonchev–Trinajstić information content (AvgIpc) is 3.20. The molecule has 2 aromatic rings. The summed E-state index contributed by atoms with van der Waals surface area (Å²) in [5, 5.41) is 12.3. The summed E-state index contributed by atoms with van der Waals surface area (Å²) in [6.45, 7) is 1.76. The van der Waals surface area contributed by atoms with Crippen molar-refractivity contribution < 1.29 is 9.18 Å². The zero-order chi connectivity index (χ0) is 15.4. The van der Waals surface area contributed by atoms with Gasteiger partial charge in [-0.2, -0.15) is 0 Å². The summed E-state index contributed by atoms with van der Waals surface area (Å²) < 4.78 is 15.2. The Balaban J connectivity index is 1.50. The summed E-state index contributed by atoms with van der Waals surface area (Å²) in [7, 11) is 0. The molecule has 0 aromatic carbocycles. The Morgan fingerprint density at radius 3 is 3.18 bits per heavy atom. The topological polar surface area (TPSA) is 63.1 Å². The lowest BCUT2D eigenvalue weighted by Gasteiger charge is -2.23. The first-order valence-electron chi connectivity index (χ1n) is 7.22. The molecule has 3 rings (SSSR count). The minimum Gasteiger partial charge on any atom is -0.353 e. The highest BCUT2D eigenvalue weighted by Crippen LogP contribution is 2.23. The van der Waals surface area contributed by atoms with Crippen LogP contribution in [0.5, 0.6) is 0 Å². The molecule has 0 unspecified atom stereocenters. The van der Waals surface area contributed by atoms with Crippen molar-refractivity contribution in [2.75, 3.05) is 13.1 Å². The number of nitrogens with one attached hydrogen (secondary N) is 1. The van der Waals surface area contributed by atoms with Gasteiger partial charge in [0.2, 0.25) is 5.91 Å². The van der Waals surface area contributed by atoms with Crippen LogP contribution in [0.2, 0.25) is 0 Å². The third-order valence-electron chi connectivity index (χ3n) is 3.73. The van der Waals surface area contributed by atoms with Crippen LogP contribution >= 0.6 is 11.3 Å². The first-order valence-corrected chi connectivity index (χ1v) is 8.10. The standard InChI is InChI=1S/C14H18FN5OS/c15-11-6-12(19(8-11)9-13-2-1-5-22-13)7-16-14(21)10-20-4-3-17-18-20/h1-5,11-12H,6-10H2,(H,16,21)/t11-,12-/m0/s1. The van der Waals surface area contributed by atoms with Gasteiger partial charge in [-0.25, -0.2) is 9.07 Å². The molecule has 1 aliphatic rings. The molecule has 22 heavy (non-hydrogen) atoms. The van der Waals surface area contributed by atoms with Crippen LogP contribution in [0.3, 0.4) is 0 Å². The Morgan fingerprint density at radius 1 is 1.55 bits per heavy atom. The maximum absolute atomic E-state index is 13.7. The Bertz CT molecular complexity index is 588. The molecule has 1 aliphatic heterocycles. The van der Waals surface area contributed by atoms with Crippen molar-refractivity contribution in [3.05, 3.63) is 34.8 Å². The fraction of sp³-hybridized carbons (Fsp3) is 0.500. The minimum atomic E-state index is -0.822. The van der Waals surface area contributed by atoms with Gasteiger partial charge < -0.3 is 5.32 Å². The molecule has 1 saturated heterocycles. The van der Waals surface area contributed by atoms with Gasteiger partial charge in [0.15, 0.2) is 0 Å². The number of amides is 1. The fourth-order valence-corrected chi connectivity index (χ4v) is 3.41. The molecule has 3 heterocycles. The van der Waals surface area contributed by atoms with E-state index in [0.717, 1.165) is 6.54 Å². The lowest BCUT2D eigenvalue weighted by molar-refractivity contribution is -0.122. The normalized spacial score (nSPS) is 22.0. The molecular weight excluding hydrogens is 305 g/mol. The summed E-state index contributed by atoms with van der Waals surface area (Å²) in [6.07, 6.45) is 2.81. The molecule has 2 atom stereocenters. The van der Waals surface area contributed by atoms with Crippen LogP contribution in [0.15, 0.2) is 29.9 Å². The molecule has 6 nitrogen and oxygen atoms in total. The van der Waals surface area contributed by atoms with Gasteiger partial charge >= 0.3 is 0 Å². The SMILES string of the molecule is O=C(Cn1ccnn1)NC[C@@H]1C[C@H](F)CN1Cc1cccs1. The maximum atomic E-state index is 13.7. The van der Waals surface area contributed by atoms with Crippen LogP contribution < -0.4 is 5.32 Å². The Hall–Kier alpha value is -1.80. The molecule has 0 radical (unpaired) electrons. The van der Waals surface area contributed by atoms with Crippen molar-refractivity contribution in [1.29, 1.82) is 0 Å². The minimum absolute atomic E-state index is 0.0387. The summed E-state index contributed by atoms with van der Waals surface area (Å²) >= 11 is 1.67. The number of likely N-dealkylation sites (tertiary alicyclic amines) is 1. The van der Waals surface area contributed by atoms with E-state index in [0.29, 0.717) is 19.5 Å². The highest BCUT2D eigenvalue weighted by atomic mass is 32.1. The lowest BCUT2D eigenvalue weighted by atomic mass is 10.2. The highest BCUT2D eigenvalue weighted by Gasteiger charge is 2.32. The summed E-state index contributed by atoms with van der Waals surface area (Å²) in [6, 6.07) is 4.09. The van der Waals surface area contributed by atoms with E-state index in [-0.39, 0.29) is 18.5 Å². The predicted molar refractivity (Wildman–Crippen MR) is 81.1 cm³/mol. The van der Waals surface area contributed by atoms with Gasteiger partial charge in [-0.1, -0.05) is 11.3 Å². The second-order valence-electron chi connectivity index (χ2n) is 5.40. The lowest BCUT2D eigenvalue weighted by Crippen LogP contribution is -2.40. The van der Waals surface area contributed by atoms with Crippen molar-refractivity contribution in [3.63, 3.8) is 0 Å². The van der Waals surface area contributed by atoms with Gasteiger partial charge in [0, 0.05) is 36.8 Å². The molecule has 118 valence electrons. The zero-order valence-electron chi connectivity index (χ0n) is 12.1. The second-order valence-corrected chi connectivity index (χ2v) is 6.43. The Labute approximate surface area is 131 Å². The number of thiophene rings is 1. The van der Waals surface area contributed by atoms with Crippen LogP contribution in [-0.4, -0.2) is 51.1 Å². The molecule has 1 amide bonds. The van der Waals surface area contributed by atoms with Crippen molar-refractivity contribution in [1.82, 2.24) is 25.2 Å². The molecule has 8 heteroatoms. The Morgan fingerprint density at radius 2 is 2.45 bits per heavy atom. The second kappa shape index (κ2) is 6.97. The quantitative estimate of drug-likeness (QED) is 0.864. The third-order valence-corrected chi connectivity index (χ3v) is 4.59. The van der Waals surface area contributed by atoms with Gasteiger partial charge in [-0.05, 0) is 17.9 Å². The predicted octanol–water partition coefficient (Wildman–Crippen LogP) is 1.07. The molecule has 1 N–H and O–H groups in total. The number of aromatic nitrogens is 3. The van der Waals surface area contributed by atoms with Crippen LogP contribution in [-0.2, 0) is 17.9 Å². The van der Waals surface area contributed by atoms with Crippen LogP contribution in [0, 0.1) is 0 Å². The number of hydrogen-bond acceptors (Lipinski definition) is 5.